The first-order valence-corrected chi connectivity index (χ1v) is 11.0. The van der Waals surface area contributed by atoms with Gasteiger partial charge in [0.15, 0.2) is 11.3 Å². The van der Waals surface area contributed by atoms with Gasteiger partial charge < -0.3 is 20.3 Å². The van der Waals surface area contributed by atoms with Gasteiger partial charge in [0.2, 0.25) is 11.9 Å². The second-order valence-corrected chi connectivity index (χ2v) is 7.85. The van der Waals surface area contributed by atoms with Gasteiger partial charge in [-0.15, -0.1) is 0 Å². The third-order valence-corrected chi connectivity index (χ3v) is 5.59. The number of ether oxygens (including phenoxy) is 1. The maximum Gasteiger partial charge on any atom is 0.247 e. The number of H-pyrrole nitrogens is 1. The largest absolute Gasteiger partial charge is 0.378 e. The summed E-state index contributed by atoms with van der Waals surface area (Å²) in [5, 5.41) is 23.0. The maximum atomic E-state index is 11.8. The zero-order valence-electron chi connectivity index (χ0n) is 18.8. The Balaban J connectivity index is 1.53. The van der Waals surface area contributed by atoms with Crippen LogP contribution in [0.1, 0.15) is 5.69 Å². The Bertz CT molecular complexity index is 1450. The third kappa shape index (κ3) is 4.66. The van der Waals surface area contributed by atoms with Gasteiger partial charge in [0.25, 0.3) is 0 Å². The Labute approximate surface area is 201 Å². The van der Waals surface area contributed by atoms with Gasteiger partial charge in [0.05, 0.1) is 24.3 Å². The third-order valence-electron chi connectivity index (χ3n) is 5.59. The smallest absolute Gasteiger partial charge is 0.247 e. The number of amides is 1. The van der Waals surface area contributed by atoms with Gasteiger partial charge in [0, 0.05) is 35.7 Å². The molecule has 35 heavy (non-hydrogen) atoms. The van der Waals surface area contributed by atoms with E-state index in [9.17, 15) is 10.1 Å². The lowest BCUT2D eigenvalue weighted by Crippen LogP contribution is -2.36. The second-order valence-electron chi connectivity index (χ2n) is 7.85. The number of rotatable bonds is 6. The molecule has 1 fully saturated rings. The molecule has 0 saturated carbocycles. The molecule has 1 saturated heterocycles. The fourth-order valence-electron chi connectivity index (χ4n) is 3.94. The van der Waals surface area contributed by atoms with Crippen LogP contribution in [0.2, 0.25) is 0 Å². The number of carbonyl (C=O) groups excluding carboxylic acids is 1. The first-order chi connectivity index (χ1) is 17.1. The van der Waals surface area contributed by atoms with Crippen LogP contribution in [0, 0.1) is 11.3 Å². The minimum absolute atomic E-state index is 0.191. The topological polar surface area (TPSA) is 132 Å². The number of fused-ring (bicyclic) bond motifs is 1. The standard InChI is InChI=1S/C25H22N8O2/c1-2-21(34)27-17-6-3-5-16(13-17)23-22-20(15-26)31-32-24(22)30-25(29-23)28-18-7-4-8-19(14-18)33-9-11-35-12-10-33/h2-8,13-14H,1,9-12H2,(H,27,34)(H2,28,29,30,31,32). The van der Waals surface area contributed by atoms with Crippen LogP contribution in [0.3, 0.4) is 0 Å². The summed E-state index contributed by atoms with van der Waals surface area (Å²) in [6.45, 7) is 6.55. The zero-order valence-corrected chi connectivity index (χ0v) is 18.8. The molecule has 10 nitrogen and oxygen atoms in total. The Morgan fingerprint density at radius 3 is 2.74 bits per heavy atom. The van der Waals surface area contributed by atoms with Crippen molar-refractivity contribution >= 4 is 40.0 Å². The molecular formula is C25H22N8O2. The minimum atomic E-state index is -0.321. The number of aromatic amines is 1. The van der Waals surface area contributed by atoms with Crippen molar-refractivity contribution in [3.8, 4) is 17.3 Å². The molecule has 174 valence electrons. The first-order valence-electron chi connectivity index (χ1n) is 11.0. The lowest BCUT2D eigenvalue weighted by molar-refractivity contribution is -0.111. The quantitative estimate of drug-likeness (QED) is 0.367. The number of carbonyl (C=O) groups is 1. The summed E-state index contributed by atoms with van der Waals surface area (Å²) in [4.78, 5) is 23.3. The summed E-state index contributed by atoms with van der Waals surface area (Å²) in [6, 6.07) is 17.3. The molecule has 0 atom stereocenters. The van der Waals surface area contributed by atoms with Crippen molar-refractivity contribution in [3.63, 3.8) is 0 Å². The van der Waals surface area contributed by atoms with Crippen LogP contribution >= 0.6 is 0 Å². The Kier molecular flexibility index (Phi) is 6.07. The Morgan fingerprint density at radius 2 is 1.94 bits per heavy atom. The Hall–Kier alpha value is -4.75. The second kappa shape index (κ2) is 9.62. The summed E-state index contributed by atoms with van der Waals surface area (Å²) >= 11 is 0. The molecule has 3 N–H and O–H groups in total. The predicted octanol–water partition coefficient (Wildman–Crippen LogP) is 3.60. The van der Waals surface area contributed by atoms with Crippen LogP contribution in [-0.2, 0) is 9.53 Å². The van der Waals surface area contributed by atoms with Crippen molar-refractivity contribution < 1.29 is 9.53 Å². The van der Waals surface area contributed by atoms with Gasteiger partial charge >= 0.3 is 0 Å². The van der Waals surface area contributed by atoms with Gasteiger partial charge in [-0.2, -0.15) is 15.3 Å². The number of hydrogen-bond acceptors (Lipinski definition) is 8. The summed E-state index contributed by atoms with van der Waals surface area (Å²) < 4.78 is 5.45. The fourth-order valence-corrected chi connectivity index (χ4v) is 3.94. The highest BCUT2D eigenvalue weighted by atomic mass is 16.5. The zero-order chi connectivity index (χ0) is 24.2. The van der Waals surface area contributed by atoms with Crippen LogP contribution in [-0.4, -0.2) is 52.4 Å². The molecule has 0 aliphatic carbocycles. The van der Waals surface area contributed by atoms with E-state index in [0.29, 0.717) is 47.1 Å². The molecule has 0 radical (unpaired) electrons. The number of aromatic nitrogens is 4. The number of nitrogens with zero attached hydrogens (tertiary/aromatic N) is 5. The molecule has 3 heterocycles. The molecule has 1 amide bonds. The average Bonchev–Trinajstić information content (AvgIpc) is 3.32. The molecule has 0 bridgehead atoms. The van der Waals surface area contributed by atoms with Crippen LogP contribution in [0.15, 0.2) is 61.2 Å². The molecule has 1 aliphatic rings. The van der Waals surface area contributed by atoms with Crippen LogP contribution in [0.25, 0.3) is 22.3 Å². The normalized spacial score (nSPS) is 13.3. The van der Waals surface area contributed by atoms with E-state index in [2.05, 4.69) is 49.4 Å². The SMILES string of the molecule is C=CC(=O)Nc1cccc(-c2nc(Nc3cccc(N4CCOCC4)c3)nc3[nH]nc(C#N)c23)c1. The van der Waals surface area contributed by atoms with E-state index in [0.717, 1.165) is 24.5 Å². The molecule has 10 heteroatoms. The van der Waals surface area contributed by atoms with Gasteiger partial charge in [0.1, 0.15) is 6.07 Å². The highest BCUT2D eigenvalue weighted by Crippen LogP contribution is 2.31. The van der Waals surface area contributed by atoms with Crippen molar-refractivity contribution in [3.05, 3.63) is 66.9 Å². The molecule has 5 rings (SSSR count). The number of morpholine rings is 1. The number of nitriles is 1. The summed E-state index contributed by atoms with van der Waals surface area (Å²) in [5.74, 6) is 0.0267. The van der Waals surface area contributed by atoms with Crippen LogP contribution < -0.4 is 15.5 Å². The van der Waals surface area contributed by atoms with Gasteiger partial charge in [-0.05, 0) is 36.4 Å². The Morgan fingerprint density at radius 1 is 1.14 bits per heavy atom. The van der Waals surface area contributed by atoms with Crippen molar-refractivity contribution in [2.75, 3.05) is 41.8 Å². The summed E-state index contributed by atoms with van der Waals surface area (Å²) in [7, 11) is 0. The van der Waals surface area contributed by atoms with E-state index in [-0.39, 0.29) is 11.6 Å². The number of nitrogens with one attached hydrogen (secondary N) is 3. The fraction of sp³-hybridized carbons (Fsp3) is 0.160. The molecule has 0 unspecified atom stereocenters. The lowest BCUT2D eigenvalue weighted by atomic mass is 10.1. The van der Waals surface area contributed by atoms with Crippen molar-refractivity contribution in [1.29, 1.82) is 5.26 Å². The van der Waals surface area contributed by atoms with Crippen molar-refractivity contribution in [2.45, 2.75) is 0 Å². The van der Waals surface area contributed by atoms with Gasteiger partial charge in [-0.1, -0.05) is 24.8 Å². The summed E-state index contributed by atoms with van der Waals surface area (Å²) in [6.07, 6.45) is 1.20. The average molecular weight is 467 g/mol. The minimum Gasteiger partial charge on any atom is -0.378 e. The maximum absolute atomic E-state index is 11.8. The van der Waals surface area contributed by atoms with Crippen molar-refractivity contribution in [2.24, 2.45) is 0 Å². The molecule has 2 aromatic heterocycles. The highest BCUT2D eigenvalue weighted by Gasteiger charge is 2.18. The molecule has 0 spiro atoms. The first kappa shape index (κ1) is 22.1. The predicted molar refractivity (Wildman–Crippen MR) is 133 cm³/mol. The van der Waals surface area contributed by atoms with E-state index in [1.165, 1.54) is 6.08 Å². The van der Waals surface area contributed by atoms with E-state index >= 15 is 0 Å². The molecular weight excluding hydrogens is 444 g/mol. The van der Waals surface area contributed by atoms with Crippen LogP contribution in [0.4, 0.5) is 23.0 Å². The number of benzene rings is 2. The molecule has 4 aromatic rings. The van der Waals surface area contributed by atoms with E-state index in [1.54, 1.807) is 18.2 Å². The van der Waals surface area contributed by atoms with Crippen molar-refractivity contribution in [1.82, 2.24) is 20.2 Å². The number of hydrogen-bond donors (Lipinski definition) is 3. The van der Waals surface area contributed by atoms with Gasteiger partial charge in [-0.25, -0.2) is 4.98 Å². The van der Waals surface area contributed by atoms with Crippen LogP contribution in [0.5, 0.6) is 0 Å². The monoisotopic (exact) mass is 466 g/mol. The van der Waals surface area contributed by atoms with E-state index in [1.807, 2.05) is 24.3 Å². The van der Waals surface area contributed by atoms with E-state index in [4.69, 9.17) is 9.72 Å². The molecule has 2 aromatic carbocycles. The lowest BCUT2D eigenvalue weighted by Gasteiger charge is -2.29. The van der Waals surface area contributed by atoms with E-state index < -0.39 is 0 Å². The molecule has 1 aliphatic heterocycles. The number of anilines is 4. The van der Waals surface area contributed by atoms with Gasteiger partial charge in [-0.3, -0.25) is 9.89 Å². The summed E-state index contributed by atoms with van der Waals surface area (Å²) in [5.41, 5.74) is 4.32. The highest BCUT2D eigenvalue weighted by molar-refractivity contribution is 6.00.